The molecule has 1 aliphatic heterocycles. The second-order valence-electron chi connectivity index (χ2n) is 5.38. The maximum Gasteiger partial charge on any atom is 0.303 e. The van der Waals surface area contributed by atoms with Gasteiger partial charge >= 0.3 is 5.97 Å². The first-order valence-corrected chi connectivity index (χ1v) is 7.52. The molecule has 1 saturated heterocycles. The number of nitrogens with zero attached hydrogens (tertiary/aromatic N) is 2. The van der Waals surface area contributed by atoms with Crippen molar-refractivity contribution in [1.82, 2.24) is 4.90 Å². The Kier molecular flexibility index (Phi) is 5.87. The fraction of sp³-hybridized carbons (Fsp3) is 0.562. The van der Waals surface area contributed by atoms with E-state index in [0.717, 1.165) is 51.3 Å². The van der Waals surface area contributed by atoms with Gasteiger partial charge in [-0.1, -0.05) is 0 Å². The fourth-order valence-corrected chi connectivity index (χ4v) is 2.70. The summed E-state index contributed by atoms with van der Waals surface area (Å²) in [6.45, 7) is 4.95. The summed E-state index contributed by atoms with van der Waals surface area (Å²) < 4.78 is 5.19. The van der Waals surface area contributed by atoms with Crippen molar-refractivity contribution in [3.63, 3.8) is 0 Å². The summed E-state index contributed by atoms with van der Waals surface area (Å²) in [5.74, 6) is 0.175. The largest absolute Gasteiger partial charge is 0.497 e. The molecule has 1 aliphatic rings. The molecule has 1 aromatic carbocycles. The van der Waals surface area contributed by atoms with Crippen LogP contribution in [-0.2, 0) is 4.79 Å². The highest BCUT2D eigenvalue weighted by atomic mass is 16.5. The Labute approximate surface area is 126 Å². The van der Waals surface area contributed by atoms with Crippen LogP contribution in [0.4, 0.5) is 5.69 Å². The van der Waals surface area contributed by atoms with Crippen molar-refractivity contribution >= 4 is 11.7 Å². The molecular formula is C16H24N2O3. The molecule has 0 radical (unpaired) electrons. The molecule has 1 N–H and O–H groups in total. The van der Waals surface area contributed by atoms with Gasteiger partial charge in [-0.05, 0) is 50.2 Å². The molecule has 0 amide bonds. The molecule has 1 heterocycles. The van der Waals surface area contributed by atoms with Crippen LogP contribution >= 0.6 is 0 Å². The van der Waals surface area contributed by atoms with Crippen LogP contribution in [0.1, 0.15) is 19.3 Å². The average Bonchev–Trinajstić information content (AvgIpc) is 2.73. The summed E-state index contributed by atoms with van der Waals surface area (Å²) in [4.78, 5) is 15.3. The summed E-state index contributed by atoms with van der Waals surface area (Å²) in [5, 5.41) is 8.69. The highest BCUT2D eigenvalue weighted by Crippen LogP contribution is 2.20. The van der Waals surface area contributed by atoms with Crippen LogP contribution in [0.25, 0.3) is 0 Å². The lowest BCUT2D eigenvalue weighted by Crippen LogP contribution is -2.31. The molecule has 0 spiro atoms. The Morgan fingerprint density at radius 2 is 1.95 bits per heavy atom. The summed E-state index contributed by atoms with van der Waals surface area (Å²) in [5.41, 5.74) is 1.23. The fourth-order valence-electron chi connectivity index (χ4n) is 2.70. The topological polar surface area (TPSA) is 53.0 Å². The van der Waals surface area contributed by atoms with Crippen LogP contribution in [0.15, 0.2) is 24.3 Å². The predicted molar refractivity (Wildman–Crippen MR) is 83.1 cm³/mol. The van der Waals surface area contributed by atoms with Crippen LogP contribution in [-0.4, -0.2) is 55.8 Å². The second-order valence-corrected chi connectivity index (χ2v) is 5.38. The van der Waals surface area contributed by atoms with Crippen LogP contribution in [0.2, 0.25) is 0 Å². The van der Waals surface area contributed by atoms with E-state index in [4.69, 9.17) is 9.84 Å². The van der Waals surface area contributed by atoms with E-state index >= 15 is 0 Å². The molecule has 0 bridgehead atoms. The zero-order chi connectivity index (χ0) is 15.1. The van der Waals surface area contributed by atoms with Gasteiger partial charge in [-0.25, -0.2) is 0 Å². The molecule has 1 aromatic rings. The summed E-state index contributed by atoms with van der Waals surface area (Å²) >= 11 is 0. The van der Waals surface area contributed by atoms with Gasteiger partial charge in [0, 0.05) is 31.7 Å². The number of ether oxygens (including phenoxy) is 1. The lowest BCUT2D eigenvalue weighted by atomic mass is 10.2. The second kappa shape index (κ2) is 7.88. The van der Waals surface area contributed by atoms with Crippen LogP contribution in [0.5, 0.6) is 5.75 Å². The van der Waals surface area contributed by atoms with Gasteiger partial charge in [-0.2, -0.15) is 0 Å². The highest BCUT2D eigenvalue weighted by molar-refractivity contribution is 5.66. The number of carboxylic acid groups (broad SMARTS) is 1. The number of rotatable bonds is 6. The number of benzene rings is 1. The number of hydrogen-bond donors (Lipinski definition) is 1. The number of aliphatic carboxylic acids is 1. The Balaban J connectivity index is 1.83. The maximum atomic E-state index is 10.6. The van der Waals surface area contributed by atoms with E-state index in [1.165, 1.54) is 5.69 Å². The molecule has 116 valence electrons. The van der Waals surface area contributed by atoms with Crippen molar-refractivity contribution < 1.29 is 14.6 Å². The lowest BCUT2D eigenvalue weighted by Gasteiger charge is -2.23. The van der Waals surface area contributed by atoms with Crippen molar-refractivity contribution in [2.45, 2.75) is 19.3 Å². The molecule has 0 aliphatic carbocycles. The molecule has 0 atom stereocenters. The molecule has 0 unspecified atom stereocenters. The summed E-state index contributed by atoms with van der Waals surface area (Å²) in [7, 11) is 1.68. The minimum absolute atomic E-state index is 0.263. The van der Waals surface area contributed by atoms with Gasteiger partial charge in [0.1, 0.15) is 5.75 Å². The minimum Gasteiger partial charge on any atom is -0.497 e. The maximum absolute atomic E-state index is 10.6. The van der Waals surface area contributed by atoms with Crippen LogP contribution in [0.3, 0.4) is 0 Å². The van der Waals surface area contributed by atoms with E-state index in [2.05, 4.69) is 21.9 Å². The van der Waals surface area contributed by atoms with Crippen molar-refractivity contribution in [3.05, 3.63) is 24.3 Å². The van der Waals surface area contributed by atoms with E-state index in [1.807, 2.05) is 12.1 Å². The summed E-state index contributed by atoms with van der Waals surface area (Å²) in [6, 6.07) is 8.17. The van der Waals surface area contributed by atoms with E-state index in [0.29, 0.717) is 0 Å². The van der Waals surface area contributed by atoms with Gasteiger partial charge in [0.05, 0.1) is 7.11 Å². The third kappa shape index (κ3) is 4.93. The molecule has 21 heavy (non-hydrogen) atoms. The van der Waals surface area contributed by atoms with E-state index in [9.17, 15) is 4.79 Å². The molecule has 1 fully saturated rings. The zero-order valence-electron chi connectivity index (χ0n) is 12.6. The number of anilines is 1. The molecule has 5 heteroatoms. The highest BCUT2D eigenvalue weighted by Gasteiger charge is 2.15. The van der Waals surface area contributed by atoms with E-state index < -0.39 is 5.97 Å². The summed E-state index contributed by atoms with van der Waals surface area (Å²) in [6.07, 6.45) is 2.11. The van der Waals surface area contributed by atoms with Crippen molar-refractivity contribution in [2.75, 3.05) is 44.7 Å². The van der Waals surface area contributed by atoms with Gasteiger partial charge < -0.3 is 19.6 Å². The third-order valence-electron chi connectivity index (χ3n) is 3.89. The third-order valence-corrected chi connectivity index (χ3v) is 3.89. The van der Waals surface area contributed by atoms with Gasteiger partial charge in [-0.3, -0.25) is 4.79 Å². The first-order chi connectivity index (χ1) is 10.2. The van der Waals surface area contributed by atoms with E-state index in [-0.39, 0.29) is 6.42 Å². The number of carbonyl (C=O) groups is 1. The van der Waals surface area contributed by atoms with Gasteiger partial charge in [0.25, 0.3) is 0 Å². The normalized spacial score (nSPS) is 16.5. The van der Waals surface area contributed by atoms with Gasteiger partial charge in [0.2, 0.25) is 0 Å². The van der Waals surface area contributed by atoms with Crippen LogP contribution in [0, 0.1) is 0 Å². The molecule has 5 nitrogen and oxygen atoms in total. The molecule has 0 saturated carbocycles. The smallest absolute Gasteiger partial charge is 0.303 e. The predicted octanol–water partition coefficient (Wildman–Crippen LogP) is 2.07. The quantitative estimate of drug-likeness (QED) is 0.870. The first kappa shape index (κ1) is 15.6. The van der Waals surface area contributed by atoms with Gasteiger partial charge in [0.15, 0.2) is 0 Å². The van der Waals surface area contributed by atoms with Crippen molar-refractivity contribution in [1.29, 1.82) is 0 Å². The standard InChI is InChI=1S/C16H24N2O3/c1-21-15-7-5-14(6-8-15)18-11-3-10-17(12-13-18)9-2-4-16(19)20/h5-8H,2-4,9-13H2,1H3,(H,19,20). The Hall–Kier alpha value is -1.75. The number of carboxylic acids is 1. The van der Waals surface area contributed by atoms with Crippen molar-refractivity contribution in [3.8, 4) is 5.75 Å². The van der Waals surface area contributed by atoms with Gasteiger partial charge in [-0.15, -0.1) is 0 Å². The van der Waals surface area contributed by atoms with E-state index in [1.54, 1.807) is 7.11 Å². The average molecular weight is 292 g/mol. The number of hydrogen-bond acceptors (Lipinski definition) is 4. The minimum atomic E-state index is -0.704. The molecule has 2 rings (SSSR count). The molecular weight excluding hydrogens is 268 g/mol. The zero-order valence-corrected chi connectivity index (χ0v) is 12.6. The number of methoxy groups -OCH3 is 1. The Morgan fingerprint density at radius 1 is 1.19 bits per heavy atom. The monoisotopic (exact) mass is 292 g/mol. The van der Waals surface area contributed by atoms with Crippen molar-refractivity contribution in [2.24, 2.45) is 0 Å². The van der Waals surface area contributed by atoms with Crippen LogP contribution < -0.4 is 9.64 Å². The first-order valence-electron chi connectivity index (χ1n) is 7.52. The lowest BCUT2D eigenvalue weighted by molar-refractivity contribution is -0.137. The Morgan fingerprint density at radius 3 is 2.62 bits per heavy atom. The molecule has 0 aromatic heterocycles. The Bertz CT molecular complexity index is 447. The SMILES string of the molecule is COc1ccc(N2CCCN(CCCC(=O)O)CC2)cc1.